The molecule has 0 aliphatic rings. The van der Waals surface area contributed by atoms with Crippen molar-refractivity contribution in [2.45, 2.75) is 6.18 Å². The highest BCUT2D eigenvalue weighted by Gasteiger charge is 2.32. The average molecular weight is 341 g/mol. The van der Waals surface area contributed by atoms with Gasteiger partial charge in [-0.25, -0.2) is 4.98 Å². The standard InChI is InChI=1S/C14H8ClF3N4O/c15-8-5-10-7(6-19-22-10)4-11(8)21-13(23)9-2-1-3-12(20-9)14(16,17)18/h1-6H,(H,19,22)(H,21,23). The maximum absolute atomic E-state index is 12.6. The fourth-order valence-electron chi connectivity index (χ4n) is 1.96. The second kappa shape index (κ2) is 5.54. The topological polar surface area (TPSA) is 70.7 Å². The normalized spacial score (nSPS) is 11.7. The van der Waals surface area contributed by atoms with Gasteiger partial charge in [0.05, 0.1) is 16.2 Å². The Labute approximate surface area is 132 Å². The van der Waals surface area contributed by atoms with Crippen LogP contribution in [0.5, 0.6) is 0 Å². The van der Waals surface area contributed by atoms with Gasteiger partial charge in [0, 0.05) is 11.6 Å². The minimum atomic E-state index is -4.62. The summed E-state index contributed by atoms with van der Waals surface area (Å²) >= 11 is 6.03. The lowest BCUT2D eigenvalue weighted by Gasteiger charge is -2.09. The molecule has 5 nitrogen and oxygen atoms in total. The number of hydrogen-bond donors (Lipinski definition) is 2. The van der Waals surface area contributed by atoms with Crippen molar-refractivity contribution in [2.75, 3.05) is 5.32 Å². The van der Waals surface area contributed by atoms with Crippen molar-refractivity contribution in [2.24, 2.45) is 0 Å². The summed E-state index contributed by atoms with van der Waals surface area (Å²) in [5, 5.41) is 9.93. The lowest BCUT2D eigenvalue weighted by Crippen LogP contribution is -2.17. The molecule has 0 aliphatic carbocycles. The van der Waals surface area contributed by atoms with Crippen molar-refractivity contribution in [3.8, 4) is 0 Å². The molecule has 0 bridgehead atoms. The van der Waals surface area contributed by atoms with E-state index in [0.717, 1.165) is 12.1 Å². The summed E-state index contributed by atoms with van der Waals surface area (Å²) < 4.78 is 37.9. The van der Waals surface area contributed by atoms with Gasteiger partial charge in [0.15, 0.2) is 0 Å². The predicted molar refractivity (Wildman–Crippen MR) is 78.3 cm³/mol. The molecular formula is C14H8ClF3N4O. The fraction of sp³-hybridized carbons (Fsp3) is 0.0714. The van der Waals surface area contributed by atoms with Crippen LogP contribution in [0.3, 0.4) is 0 Å². The molecule has 3 aromatic rings. The predicted octanol–water partition coefficient (Wildman–Crippen LogP) is 3.88. The van der Waals surface area contributed by atoms with Gasteiger partial charge in [-0.2, -0.15) is 18.3 Å². The Morgan fingerprint density at radius 3 is 2.78 bits per heavy atom. The van der Waals surface area contributed by atoms with Crippen LogP contribution in [0.1, 0.15) is 16.2 Å². The molecule has 0 radical (unpaired) electrons. The van der Waals surface area contributed by atoms with Crippen molar-refractivity contribution in [3.05, 3.63) is 52.9 Å². The van der Waals surface area contributed by atoms with Crippen LogP contribution in [0.4, 0.5) is 18.9 Å². The van der Waals surface area contributed by atoms with Crippen molar-refractivity contribution in [1.82, 2.24) is 15.2 Å². The number of nitrogens with one attached hydrogen (secondary N) is 2. The molecule has 0 aliphatic heterocycles. The van der Waals surface area contributed by atoms with Gasteiger partial charge in [0.1, 0.15) is 11.4 Å². The fourth-order valence-corrected chi connectivity index (χ4v) is 2.17. The molecule has 2 heterocycles. The van der Waals surface area contributed by atoms with Gasteiger partial charge in [-0.05, 0) is 24.3 Å². The van der Waals surface area contributed by atoms with E-state index in [2.05, 4.69) is 20.5 Å². The summed E-state index contributed by atoms with van der Waals surface area (Å²) in [6, 6.07) is 6.19. The lowest BCUT2D eigenvalue weighted by molar-refractivity contribution is -0.141. The Kier molecular flexibility index (Phi) is 3.69. The molecule has 118 valence electrons. The molecule has 2 N–H and O–H groups in total. The van der Waals surface area contributed by atoms with Crippen LogP contribution >= 0.6 is 11.6 Å². The summed E-state index contributed by atoms with van der Waals surface area (Å²) in [5.74, 6) is -0.791. The molecule has 1 aromatic carbocycles. The van der Waals surface area contributed by atoms with Gasteiger partial charge in [0.25, 0.3) is 5.91 Å². The number of H-pyrrole nitrogens is 1. The van der Waals surface area contributed by atoms with Crippen molar-refractivity contribution in [3.63, 3.8) is 0 Å². The molecule has 0 saturated carbocycles. The molecule has 0 saturated heterocycles. The van der Waals surface area contributed by atoms with Gasteiger partial charge in [-0.3, -0.25) is 9.89 Å². The molecule has 1 amide bonds. The number of anilines is 1. The highest BCUT2D eigenvalue weighted by molar-refractivity contribution is 6.34. The number of pyridine rings is 1. The first-order valence-electron chi connectivity index (χ1n) is 6.33. The summed E-state index contributed by atoms with van der Waals surface area (Å²) in [6.45, 7) is 0. The largest absolute Gasteiger partial charge is 0.433 e. The number of rotatable bonds is 2. The van der Waals surface area contributed by atoms with E-state index < -0.39 is 17.8 Å². The van der Waals surface area contributed by atoms with Gasteiger partial charge in [-0.1, -0.05) is 17.7 Å². The highest BCUT2D eigenvalue weighted by Crippen LogP contribution is 2.29. The Balaban J connectivity index is 1.90. The van der Waals surface area contributed by atoms with Crippen molar-refractivity contribution in [1.29, 1.82) is 0 Å². The molecule has 0 spiro atoms. The second-order valence-electron chi connectivity index (χ2n) is 4.64. The SMILES string of the molecule is O=C(Nc1cc2c[nH]nc2cc1Cl)c1cccc(C(F)(F)F)n1. The maximum atomic E-state index is 12.6. The van der Waals surface area contributed by atoms with E-state index in [0.29, 0.717) is 10.9 Å². The summed E-state index contributed by atoms with van der Waals surface area (Å²) in [6.07, 6.45) is -3.02. The Bertz CT molecular complexity index is 891. The Morgan fingerprint density at radius 1 is 1.26 bits per heavy atom. The quantitative estimate of drug-likeness (QED) is 0.743. The molecule has 23 heavy (non-hydrogen) atoms. The number of aromatic amines is 1. The second-order valence-corrected chi connectivity index (χ2v) is 5.04. The minimum absolute atomic E-state index is 0.213. The summed E-state index contributed by atoms with van der Waals surface area (Å²) in [5.41, 5.74) is -0.639. The first-order valence-corrected chi connectivity index (χ1v) is 6.71. The van der Waals surface area contributed by atoms with Crippen molar-refractivity contribution < 1.29 is 18.0 Å². The first-order chi connectivity index (χ1) is 10.8. The number of nitrogens with zero attached hydrogens (tertiary/aromatic N) is 2. The van der Waals surface area contributed by atoms with Gasteiger partial charge >= 0.3 is 6.18 Å². The molecule has 9 heteroatoms. The van der Waals surface area contributed by atoms with Crippen LogP contribution in [0.15, 0.2) is 36.5 Å². The van der Waals surface area contributed by atoms with E-state index in [1.54, 1.807) is 12.3 Å². The number of aromatic nitrogens is 3. The number of amides is 1. The summed E-state index contributed by atoms with van der Waals surface area (Å²) in [7, 11) is 0. The van der Waals surface area contributed by atoms with Gasteiger partial charge in [-0.15, -0.1) is 0 Å². The molecule has 2 aromatic heterocycles. The minimum Gasteiger partial charge on any atom is -0.319 e. The zero-order valence-electron chi connectivity index (χ0n) is 11.3. The van der Waals surface area contributed by atoms with E-state index in [1.807, 2.05) is 0 Å². The van der Waals surface area contributed by atoms with Crippen LogP contribution in [-0.2, 0) is 6.18 Å². The third-order valence-corrected chi connectivity index (χ3v) is 3.35. The number of hydrogen-bond acceptors (Lipinski definition) is 3. The van der Waals surface area contributed by atoms with Crippen LogP contribution < -0.4 is 5.32 Å². The Hall–Kier alpha value is -2.61. The molecular weight excluding hydrogens is 333 g/mol. The average Bonchev–Trinajstić information content (AvgIpc) is 2.94. The van der Waals surface area contributed by atoms with E-state index in [1.165, 1.54) is 12.1 Å². The van der Waals surface area contributed by atoms with E-state index in [4.69, 9.17) is 11.6 Å². The third-order valence-electron chi connectivity index (χ3n) is 3.04. The van der Waals surface area contributed by atoms with Crippen LogP contribution in [0.2, 0.25) is 5.02 Å². The molecule has 3 rings (SSSR count). The smallest absolute Gasteiger partial charge is 0.319 e. The number of carbonyl (C=O) groups is 1. The zero-order valence-corrected chi connectivity index (χ0v) is 12.0. The number of benzene rings is 1. The summed E-state index contributed by atoms with van der Waals surface area (Å²) in [4.78, 5) is 15.4. The first kappa shape index (κ1) is 15.3. The zero-order chi connectivity index (χ0) is 16.6. The highest BCUT2D eigenvalue weighted by atomic mass is 35.5. The molecule has 0 fully saturated rings. The van der Waals surface area contributed by atoms with Crippen LogP contribution in [0, 0.1) is 0 Å². The number of carbonyl (C=O) groups excluding carboxylic acids is 1. The number of fused-ring (bicyclic) bond motifs is 1. The number of alkyl halides is 3. The van der Waals surface area contributed by atoms with Crippen LogP contribution in [0.25, 0.3) is 10.9 Å². The van der Waals surface area contributed by atoms with E-state index >= 15 is 0 Å². The Morgan fingerprint density at radius 2 is 2.04 bits per heavy atom. The van der Waals surface area contributed by atoms with E-state index in [-0.39, 0.29) is 16.4 Å². The third kappa shape index (κ3) is 3.11. The van der Waals surface area contributed by atoms with E-state index in [9.17, 15) is 18.0 Å². The van der Waals surface area contributed by atoms with Crippen LogP contribution in [-0.4, -0.2) is 21.1 Å². The lowest BCUT2D eigenvalue weighted by atomic mass is 10.2. The molecule has 0 atom stereocenters. The van der Waals surface area contributed by atoms with Crippen molar-refractivity contribution >= 4 is 34.1 Å². The van der Waals surface area contributed by atoms with Gasteiger partial charge < -0.3 is 5.32 Å². The molecule has 0 unspecified atom stereocenters. The maximum Gasteiger partial charge on any atom is 0.433 e. The number of halogens is 4. The van der Waals surface area contributed by atoms with Gasteiger partial charge in [0.2, 0.25) is 0 Å². The monoisotopic (exact) mass is 340 g/mol.